The minimum atomic E-state index is -3.73. The molecule has 2 rings (SSSR count). The molecule has 15 heavy (non-hydrogen) atoms. The van der Waals surface area contributed by atoms with Crippen LogP contribution >= 0.6 is 10.7 Å². The number of halogens is 1. The molecule has 0 unspecified atom stereocenters. The molecule has 0 fully saturated rings. The molecule has 0 aliphatic heterocycles. The van der Waals surface area contributed by atoms with Crippen LogP contribution in [0.4, 0.5) is 0 Å². The number of benzene rings is 1. The summed E-state index contributed by atoms with van der Waals surface area (Å²) < 4.78 is 23.5. The van der Waals surface area contributed by atoms with Gasteiger partial charge in [-0.25, -0.2) is 13.1 Å². The first kappa shape index (κ1) is 10.1. The van der Waals surface area contributed by atoms with Crippen molar-refractivity contribution < 1.29 is 8.42 Å². The number of hydrogen-bond donors (Lipinski definition) is 0. The molecule has 0 spiro atoms. The number of rotatable bonds is 2. The fraction of sp³-hybridized carbons (Fsp3) is 0. The van der Waals surface area contributed by atoms with E-state index in [1.54, 1.807) is 12.1 Å². The van der Waals surface area contributed by atoms with Crippen LogP contribution in [0.15, 0.2) is 35.5 Å². The van der Waals surface area contributed by atoms with Gasteiger partial charge in [0.25, 0.3) is 9.05 Å². The first-order valence-corrected chi connectivity index (χ1v) is 6.16. The summed E-state index contributed by atoms with van der Waals surface area (Å²) in [7, 11) is 1.48. The topological polar surface area (TPSA) is 77.7 Å². The zero-order chi connectivity index (χ0) is 10.9. The second-order valence-corrected chi connectivity index (χ2v) is 5.26. The van der Waals surface area contributed by atoms with Crippen LogP contribution in [0.3, 0.4) is 0 Å². The fourth-order valence-electron chi connectivity index (χ4n) is 1.06. The Morgan fingerprint density at radius 3 is 2.73 bits per heavy atom. The van der Waals surface area contributed by atoms with Crippen LogP contribution in [0.1, 0.15) is 0 Å². The molecule has 0 atom stereocenters. The molecule has 1 heterocycles. The lowest BCUT2D eigenvalue weighted by atomic mass is 10.3. The lowest BCUT2D eigenvalue weighted by Gasteiger charge is -2.00. The third-order valence-electron chi connectivity index (χ3n) is 1.71. The SMILES string of the molecule is O=S(=O)(Cl)c1cccc(-n2cnnn2)c1. The lowest BCUT2D eigenvalue weighted by Crippen LogP contribution is -1.97. The highest BCUT2D eigenvalue weighted by molar-refractivity contribution is 8.13. The van der Waals surface area contributed by atoms with E-state index in [0.29, 0.717) is 5.69 Å². The molecule has 0 saturated heterocycles. The Hall–Kier alpha value is -1.47. The highest BCUT2D eigenvalue weighted by atomic mass is 35.7. The Kier molecular flexibility index (Phi) is 2.41. The van der Waals surface area contributed by atoms with E-state index < -0.39 is 9.05 Å². The molecule has 0 radical (unpaired) electrons. The predicted octanol–water partition coefficient (Wildman–Crippen LogP) is 0.590. The van der Waals surface area contributed by atoms with Gasteiger partial charge in [-0.05, 0) is 28.6 Å². The predicted molar refractivity (Wildman–Crippen MR) is 52.2 cm³/mol. The normalized spacial score (nSPS) is 11.5. The highest BCUT2D eigenvalue weighted by Gasteiger charge is 2.10. The molecular weight excluding hydrogens is 240 g/mol. The Morgan fingerprint density at radius 2 is 2.13 bits per heavy atom. The second-order valence-electron chi connectivity index (χ2n) is 2.69. The number of tetrazole rings is 1. The van der Waals surface area contributed by atoms with Crippen LogP contribution in [-0.4, -0.2) is 28.6 Å². The van der Waals surface area contributed by atoms with Gasteiger partial charge in [0.15, 0.2) is 0 Å². The van der Waals surface area contributed by atoms with Gasteiger partial charge in [-0.15, -0.1) is 5.10 Å². The Bertz CT molecular complexity index is 566. The fourth-order valence-corrected chi connectivity index (χ4v) is 1.85. The maximum absolute atomic E-state index is 11.1. The smallest absolute Gasteiger partial charge is 0.207 e. The Balaban J connectivity index is 2.53. The standard InChI is InChI=1S/C7H5ClN4O2S/c8-15(13,14)7-3-1-2-6(4-7)12-5-9-10-11-12/h1-5H. The van der Waals surface area contributed by atoms with Crippen LogP contribution < -0.4 is 0 Å². The van der Waals surface area contributed by atoms with E-state index in [-0.39, 0.29) is 4.90 Å². The number of hydrogen-bond acceptors (Lipinski definition) is 5. The molecule has 0 N–H and O–H groups in total. The van der Waals surface area contributed by atoms with E-state index in [2.05, 4.69) is 15.5 Å². The van der Waals surface area contributed by atoms with Crippen molar-refractivity contribution in [2.75, 3.05) is 0 Å². The summed E-state index contributed by atoms with van der Waals surface area (Å²) in [6.07, 6.45) is 1.36. The summed E-state index contributed by atoms with van der Waals surface area (Å²) in [6.45, 7) is 0. The molecule has 1 aromatic heterocycles. The quantitative estimate of drug-likeness (QED) is 0.723. The van der Waals surface area contributed by atoms with E-state index in [0.717, 1.165) is 0 Å². The first-order valence-electron chi connectivity index (χ1n) is 3.85. The van der Waals surface area contributed by atoms with E-state index in [1.807, 2.05) is 0 Å². The van der Waals surface area contributed by atoms with Gasteiger partial charge >= 0.3 is 0 Å². The van der Waals surface area contributed by atoms with E-state index >= 15 is 0 Å². The molecule has 0 saturated carbocycles. The Labute approximate surface area is 89.9 Å². The second kappa shape index (κ2) is 3.59. The summed E-state index contributed by atoms with van der Waals surface area (Å²) in [6, 6.07) is 6.02. The van der Waals surface area contributed by atoms with Crippen LogP contribution in [-0.2, 0) is 9.05 Å². The molecule has 0 bridgehead atoms. The molecule has 0 aliphatic carbocycles. The highest BCUT2D eigenvalue weighted by Crippen LogP contribution is 2.17. The molecule has 78 valence electrons. The van der Waals surface area contributed by atoms with Crippen LogP contribution in [0.2, 0.25) is 0 Å². The number of nitrogens with zero attached hydrogens (tertiary/aromatic N) is 4. The maximum atomic E-state index is 11.1. The third kappa shape index (κ3) is 2.13. The third-order valence-corrected chi connectivity index (χ3v) is 3.06. The van der Waals surface area contributed by atoms with Crippen LogP contribution in [0.5, 0.6) is 0 Å². The van der Waals surface area contributed by atoms with Gasteiger partial charge in [0.05, 0.1) is 10.6 Å². The van der Waals surface area contributed by atoms with Gasteiger partial charge in [-0.2, -0.15) is 0 Å². The largest absolute Gasteiger partial charge is 0.261 e. The number of aromatic nitrogens is 4. The molecule has 2 aromatic rings. The van der Waals surface area contributed by atoms with E-state index in [4.69, 9.17) is 10.7 Å². The molecule has 0 amide bonds. The van der Waals surface area contributed by atoms with Crippen molar-refractivity contribution in [3.63, 3.8) is 0 Å². The van der Waals surface area contributed by atoms with E-state index in [1.165, 1.54) is 23.1 Å². The van der Waals surface area contributed by atoms with Crippen molar-refractivity contribution in [2.24, 2.45) is 0 Å². The zero-order valence-electron chi connectivity index (χ0n) is 7.28. The van der Waals surface area contributed by atoms with Crippen molar-refractivity contribution in [2.45, 2.75) is 4.90 Å². The summed E-state index contributed by atoms with van der Waals surface area (Å²) in [4.78, 5) is 0.0113. The molecule has 0 aliphatic rings. The van der Waals surface area contributed by atoms with Crippen molar-refractivity contribution in [1.82, 2.24) is 20.2 Å². The van der Waals surface area contributed by atoms with Crippen molar-refractivity contribution in [3.05, 3.63) is 30.6 Å². The monoisotopic (exact) mass is 244 g/mol. The maximum Gasteiger partial charge on any atom is 0.261 e. The van der Waals surface area contributed by atoms with Gasteiger partial charge in [0.2, 0.25) is 0 Å². The van der Waals surface area contributed by atoms with E-state index in [9.17, 15) is 8.42 Å². The molecule has 6 nitrogen and oxygen atoms in total. The molecule has 1 aromatic carbocycles. The average Bonchev–Trinajstić information content (AvgIpc) is 2.69. The van der Waals surface area contributed by atoms with Gasteiger partial charge in [-0.3, -0.25) is 0 Å². The van der Waals surface area contributed by atoms with Gasteiger partial charge < -0.3 is 0 Å². The van der Waals surface area contributed by atoms with Gasteiger partial charge in [0, 0.05) is 10.7 Å². The minimum absolute atomic E-state index is 0.0113. The minimum Gasteiger partial charge on any atom is -0.207 e. The summed E-state index contributed by atoms with van der Waals surface area (Å²) in [5.41, 5.74) is 0.529. The van der Waals surface area contributed by atoms with Crippen LogP contribution in [0.25, 0.3) is 5.69 Å². The molecule has 8 heteroatoms. The molecular formula is C7H5ClN4O2S. The summed E-state index contributed by atoms with van der Waals surface area (Å²) in [5, 5.41) is 10.5. The average molecular weight is 245 g/mol. The summed E-state index contributed by atoms with van der Waals surface area (Å²) >= 11 is 0. The van der Waals surface area contributed by atoms with Crippen LogP contribution in [0, 0.1) is 0 Å². The van der Waals surface area contributed by atoms with Crippen molar-refractivity contribution >= 4 is 19.7 Å². The van der Waals surface area contributed by atoms with Gasteiger partial charge in [0.1, 0.15) is 6.33 Å². The summed E-state index contributed by atoms with van der Waals surface area (Å²) in [5.74, 6) is 0. The van der Waals surface area contributed by atoms with Crippen molar-refractivity contribution in [3.8, 4) is 5.69 Å². The first-order chi connectivity index (χ1) is 7.07. The van der Waals surface area contributed by atoms with Gasteiger partial charge in [-0.1, -0.05) is 6.07 Å². The Morgan fingerprint density at radius 1 is 1.33 bits per heavy atom. The van der Waals surface area contributed by atoms with Crippen molar-refractivity contribution in [1.29, 1.82) is 0 Å². The zero-order valence-corrected chi connectivity index (χ0v) is 8.85. The lowest BCUT2D eigenvalue weighted by molar-refractivity contribution is 0.609.